The molecule has 0 aliphatic rings. The number of benzene rings is 1. The lowest BCUT2D eigenvalue weighted by Gasteiger charge is -2.19. The zero-order chi connectivity index (χ0) is 13.0. The molecule has 0 spiro atoms. The van der Waals surface area contributed by atoms with Crippen molar-refractivity contribution < 1.29 is 14.8 Å². The van der Waals surface area contributed by atoms with Crippen LogP contribution in [0.5, 0.6) is 0 Å². The van der Waals surface area contributed by atoms with Crippen LogP contribution in [0.3, 0.4) is 0 Å². The van der Waals surface area contributed by atoms with E-state index in [9.17, 15) is 4.79 Å². The number of hydrogen-bond acceptors (Lipinski definition) is 3. The Hall–Kier alpha value is -1.04. The second kappa shape index (κ2) is 6.05. The van der Waals surface area contributed by atoms with Gasteiger partial charge in [-0.15, -0.1) is 0 Å². The van der Waals surface area contributed by atoms with Gasteiger partial charge in [0, 0.05) is 13.1 Å². The van der Waals surface area contributed by atoms with Crippen molar-refractivity contribution in [2.75, 3.05) is 13.1 Å². The van der Waals surface area contributed by atoms with Crippen LogP contribution in [0, 0.1) is 0 Å². The van der Waals surface area contributed by atoms with Crippen molar-refractivity contribution in [1.82, 2.24) is 4.90 Å². The van der Waals surface area contributed by atoms with Gasteiger partial charge in [0.1, 0.15) is 0 Å². The van der Waals surface area contributed by atoms with Crippen molar-refractivity contribution in [2.24, 2.45) is 0 Å². The summed E-state index contributed by atoms with van der Waals surface area (Å²) in [5.74, 6) is -0.154. The molecule has 2 N–H and O–H groups in total. The Morgan fingerprint density at radius 2 is 1.94 bits per heavy atom. The van der Waals surface area contributed by atoms with Crippen LogP contribution in [-0.4, -0.2) is 41.1 Å². The minimum Gasteiger partial charge on any atom is -0.423 e. The van der Waals surface area contributed by atoms with Gasteiger partial charge in [-0.25, -0.2) is 0 Å². The molecule has 0 aromatic heterocycles. The Bertz CT molecular complexity index is 408. The van der Waals surface area contributed by atoms with Crippen molar-refractivity contribution in [3.8, 4) is 0 Å². The number of rotatable bonds is 4. The molecule has 0 heterocycles. The molecular formula is C11H15BClNO3. The topological polar surface area (TPSA) is 60.8 Å². The van der Waals surface area contributed by atoms with Crippen LogP contribution in [0.4, 0.5) is 0 Å². The lowest BCUT2D eigenvalue weighted by Crippen LogP contribution is -2.33. The van der Waals surface area contributed by atoms with E-state index in [4.69, 9.17) is 21.6 Å². The van der Waals surface area contributed by atoms with Gasteiger partial charge in [0.2, 0.25) is 0 Å². The van der Waals surface area contributed by atoms with Crippen LogP contribution in [0.25, 0.3) is 0 Å². The number of carbonyl (C=O) groups excluding carboxylic acids is 1. The third-order valence-electron chi connectivity index (χ3n) is 2.57. The summed E-state index contributed by atoms with van der Waals surface area (Å²) in [6.07, 6.45) is 0. The van der Waals surface area contributed by atoms with Gasteiger partial charge in [0.05, 0.1) is 10.6 Å². The molecule has 6 heteroatoms. The molecule has 0 saturated heterocycles. The standard InChI is InChI=1S/C11H15BClNO3/c1-3-14(4-2)11(15)9-6-5-8(12(16)17)7-10(9)13/h5-7,16-17H,3-4H2,1-2H3. The van der Waals surface area contributed by atoms with Crippen LogP contribution < -0.4 is 5.46 Å². The highest BCUT2D eigenvalue weighted by molar-refractivity contribution is 6.59. The van der Waals surface area contributed by atoms with E-state index in [-0.39, 0.29) is 16.4 Å². The Morgan fingerprint density at radius 1 is 1.35 bits per heavy atom. The van der Waals surface area contributed by atoms with E-state index >= 15 is 0 Å². The van der Waals surface area contributed by atoms with Gasteiger partial charge in [0.15, 0.2) is 0 Å². The van der Waals surface area contributed by atoms with Crippen LogP contribution in [-0.2, 0) is 0 Å². The molecule has 0 bridgehead atoms. The predicted molar refractivity (Wildman–Crippen MR) is 68.5 cm³/mol. The average molecular weight is 256 g/mol. The minimum absolute atomic E-state index is 0.154. The molecule has 17 heavy (non-hydrogen) atoms. The van der Waals surface area contributed by atoms with E-state index in [1.54, 1.807) is 4.90 Å². The van der Waals surface area contributed by atoms with Gasteiger partial charge in [0.25, 0.3) is 5.91 Å². The highest BCUT2D eigenvalue weighted by Gasteiger charge is 2.18. The summed E-state index contributed by atoms with van der Waals surface area (Å²) in [6.45, 7) is 4.99. The van der Waals surface area contributed by atoms with E-state index in [1.165, 1.54) is 18.2 Å². The van der Waals surface area contributed by atoms with Gasteiger partial charge in [-0.3, -0.25) is 4.79 Å². The van der Waals surface area contributed by atoms with E-state index in [1.807, 2.05) is 13.8 Å². The van der Waals surface area contributed by atoms with Crippen molar-refractivity contribution in [2.45, 2.75) is 13.8 Å². The fourth-order valence-corrected chi connectivity index (χ4v) is 1.82. The molecule has 1 rings (SSSR count). The summed E-state index contributed by atoms with van der Waals surface area (Å²) in [4.78, 5) is 13.7. The summed E-state index contributed by atoms with van der Waals surface area (Å²) >= 11 is 5.96. The average Bonchev–Trinajstić information content (AvgIpc) is 2.30. The van der Waals surface area contributed by atoms with Crippen molar-refractivity contribution in [3.05, 3.63) is 28.8 Å². The maximum atomic E-state index is 12.0. The predicted octanol–water partition coefficient (Wildman–Crippen LogP) is 0.502. The Kier molecular flexibility index (Phi) is 4.99. The van der Waals surface area contributed by atoms with Crippen LogP contribution in [0.1, 0.15) is 24.2 Å². The molecule has 1 aromatic carbocycles. The zero-order valence-corrected chi connectivity index (χ0v) is 10.6. The lowest BCUT2D eigenvalue weighted by molar-refractivity contribution is 0.0773. The monoisotopic (exact) mass is 255 g/mol. The number of hydrogen-bond donors (Lipinski definition) is 2. The molecule has 0 aliphatic carbocycles. The molecular weight excluding hydrogens is 240 g/mol. The second-order valence-electron chi connectivity index (χ2n) is 3.59. The molecule has 4 nitrogen and oxygen atoms in total. The molecule has 0 radical (unpaired) electrons. The SMILES string of the molecule is CCN(CC)C(=O)c1ccc(B(O)O)cc1Cl. The Balaban J connectivity index is 3.03. The van der Waals surface area contributed by atoms with Gasteiger partial charge in [-0.1, -0.05) is 17.7 Å². The first-order valence-electron chi connectivity index (χ1n) is 5.46. The normalized spacial score (nSPS) is 10.2. The van der Waals surface area contributed by atoms with Gasteiger partial charge in [-0.05, 0) is 31.4 Å². The van der Waals surface area contributed by atoms with E-state index < -0.39 is 7.12 Å². The molecule has 0 atom stereocenters. The number of nitrogens with zero attached hydrogens (tertiary/aromatic N) is 1. The number of carbonyl (C=O) groups is 1. The molecule has 1 amide bonds. The molecule has 0 fully saturated rings. The maximum absolute atomic E-state index is 12.0. The lowest BCUT2D eigenvalue weighted by atomic mass is 9.80. The summed E-state index contributed by atoms with van der Waals surface area (Å²) < 4.78 is 0. The van der Waals surface area contributed by atoms with Crippen LogP contribution in [0.15, 0.2) is 18.2 Å². The van der Waals surface area contributed by atoms with E-state index in [0.29, 0.717) is 18.7 Å². The van der Waals surface area contributed by atoms with Crippen LogP contribution >= 0.6 is 11.6 Å². The van der Waals surface area contributed by atoms with Crippen molar-refractivity contribution >= 4 is 30.1 Å². The minimum atomic E-state index is -1.58. The first-order valence-corrected chi connectivity index (χ1v) is 5.83. The molecule has 0 aliphatic heterocycles. The molecule has 92 valence electrons. The number of halogens is 1. The van der Waals surface area contributed by atoms with Gasteiger partial charge in [-0.2, -0.15) is 0 Å². The van der Waals surface area contributed by atoms with Crippen molar-refractivity contribution in [3.63, 3.8) is 0 Å². The van der Waals surface area contributed by atoms with E-state index in [2.05, 4.69) is 0 Å². The first-order chi connectivity index (χ1) is 8.01. The maximum Gasteiger partial charge on any atom is 0.488 e. The number of amides is 1. The summed E-state index contributed by atoms with van der Waals surface area (Å²) in [6, 6.07) is 4.38. The highest BCUT2D eigenvalue weighted by Crippen LogP contribution is 2.16. The van der Waals surface area contributed by atoms with Gasteiger partial charge < -0.3 is 14.9 Å². The smallest absolute Gasteiger partial charge is 0.423 e. The molecule has 1 aromatic rings. The summed E-state index contributed by atoms with van der Waals surface area (Å²) in [5, 5.41) is 18.2. The quantitative estimate of drug-likeness (QED) is 0.771. The summed E-state index contributed by atoms with van der Waals surface area (Å²) in [7, 11) is -1.58. The fourth-order valence-electron chi connectivity index (χ4n) is 1.55. The Labute approximate surface area is 106 Å². The van der Waals surface area contributed by atoms with Crippen LogP contribution in [0.2, 0.25) is 5.02 Å². The second-order valence-corrected chi connectivity index (χ2v) is 4.00. The Morgan fingerprint density at radius 3 is 2.35 bits per heavy atom. The fraction of sp³-hybridized carbons (Fsp3) is 0.364. The van der Waals surface area contributed by atoms with Gasteiger partial charge >= 0.3 is 7.12 Å². The van der Waals surface area contributed by atoms with Crippen molar-refractivity contribution in [1.29, 1.82) is 0 Å². The third kappa shape index (κ3) is 3.22. The van der Waals surface area contributed by atoms with E-state index in [0.717, 1.165) is 0 Å². The molecule has 0 saturated carbocycles. The zero-order valence-electron chi connectivity index (χ0n) is 9.85. The first kappa shape index (κ1) is 14.0. The third-order valence-corrected chi connectivity index (χ3v) is 2.89. The largest absolute Gasteiger partial charge is 0.488 e. The molecule has 0 unspecified atom stereocenters. The highest BCUT2D eigenvalue weighted by atomic mass is 35.5. The summed E-state index contributed by atoms with van der Waals surface area (Å²) in [5.41, 5.74) is 0.644.